The van der Waals surface area contributed by atoms with Gasteiger partial charge in [-0.2, -0.15) is 0 Å². The van der Waals surface area contributed by atoms with Crippen LogP contribution in [0.3, 0.4) is 0 Å². The second kappa shape index (κ2) is 5.15. The summed E-state index contributed by atoms with van der Waals surface area (Å²) in [6, 6.07) is 10.6. The lowest BCUT2D eigenvalue weighted by atomic mass is 10.1. The van der Waals surface area contributed by atoms with E-state index in [1.54, 1.807) is 12.1 Å². The predicted molar refractivity (Wildman–Crippen MR) is 65.1 cm³/mol. The molecule has 2 rings (SSSR count). The summed E-state index contributed by atoms with van der Waals surface area (Å²) in [5.41, 5.74) is 0.938. The SMILES string of the molecule is Cc1ccc(CN[C@H](C)c2cccc(F)c2)o1. The lowest BCUT2D eigenvalue weighted by Crippen LogP contribution is -2.17. The molecule has 0 fully saturated rings. The minimum absolute atomic E-state index is 0.0936. The number of nitrogens with one attached hydrogen (secondary N) is 1. The molecule has 0 saturated carbocycles. The van der Waals surface area contributed by atoms with Gasteiger partial charge in [0.05, 0.1) is 6.54 Å². The van der Waals surface area contributed by atoms with Crippen LogP contribution in [0.2, 0.25) is 0 Å². The van der Waals surface area contributed by atoms with Crippen LogP contribution in [0, 0.1) is 12.7 Å². The molecule has 2 aromatic rings. The Morgan fingerprint density at radius 1 is 1.29 bits per heavy atom. The summed E-state index contributed by atoms with van der Waals surface area (Å²) in [7, 11) is 0. The lowest BCUT2D eigenvalue weighted by Gasteiger charge is -2.13. The summed E-state index contributed by atoms with van der Waals surface area (Å²) >= 11 is 0. The molecular formula is C14H16FNO. The van der Waals surface area contributed by atoms with Gasteiger partial charge in [-0.05, 0) is 43.7 Å². The van der Waals surface area contributed by atoms with Crippen LogP contribution in [0.5, 0.6) is 0 Å². The van der Waals surface area contributed by atoms with Gasteiger partial charge in [0.25, 0.3) is 0 Å². The number of furan rings is 1. The van der Waals surface area contributed by atoms with Crippen LogP contribution >= 0.6 is 0 Å². The summed E-state index contributed by atoms with van der Waals surface area (Å²) in [4.78, 5) is 0. The maximum Gasteiger partial charge on any atom is 0.123 e. The zero-order valence-electron chi connectivity index (χ0n) is 10.0. The van der Waals surface area contributed by atoms with Gasteiger partial charge in [0.2, 0.25) is 0 Å². The summed E-state index contributed by atoms with van der Waals surface area (Å²) in [5.74, 6) is 1.59. The van der Waals surface area contributed by atoms with E-state index in [4.69, 9.17) is 4.42 Å². The van der Waals surface area contributed by atoms with Crippen molar-refractivity contribution in [2.45, 2.75) is 26.4 Å². The Bertz CT molecular complexity index is 492. The van der Waals surface area contributed by atoms with Crippen LogP contribution in [0.4, 0.5) is 4.39 Å². The van der Waals surface area contributed by atoms with Crippen molar-refractivity contribution in [2.24, 2.45) is 0 Å². The largest absolute Gasteiger partial charge is 0.465 e. The molecule has 1 atom stereocenters. The zero-order valence-corrected chi connectivity index (χ0v) is 10.0. The second-order valence-corrected chi connectivity index (χ2v) is 4.17. The normalized spacial score (nSPS) is 12.6. The average Bonchev–Trinajstić information content (AvgIpc) is 2.72. The van der Waals surface area contributed by atoms with Crippen molar-refractivity contribution >= 4 is 0 Å². The van der Waals surface area contributed by atoms with Gasteiger partial charge < -0.3 is 9.73 Å². The molecule has 1 aromatic heterocycles. The molecule has 0 amide bonds. The van der Waals surface area contributed by atoms with E-state index in [2.05, 4.69) is 5.32 Å². The molecule has 3 heteroatoms. The first-order valence-electron chi connectivity index (χ1n) is 5.69. The average molecular weight is 233 g/mol. The van der Waals surface area contributed by atoms with E-state index in [9.17, 15) is 4.39 Å². The van der Waals surface area contributed by atoms with Crippen LogP contribution in [0.15, 0.2) is 40.8 Å². The van der Waals surface area contributed by atoms with Crippen LogP contribution < -0.4 is 5.32 Å². The first-order chi connectivity index (χ1) is 8.15. The van der Waals surface area contributed by atoms with Gasteiger partial charge in [-0.1, -0.05) is 12.1 Å². The summed E-state index contributed by atoms with van der Waals surface area (Å²) in [6.45, 7) is 4.57. The molecule has 17 heavy (non-hydrogen) atoms. The number of halogens is 1. The Balaban J connectivity index is 1.95. The fourth-order valence-electron chi connectivity index (χ4n) is 1.73. The molecule has 1 aromatic carbocycles. The van der Waals surface area contributed by atoms with Crippen molar-refractivity contribution in [3.8, 4) is 0 Å². The van der Waals surface area contributed by atoms with Crippen molar-refractivity contribution < 1.29 is 8.81 Å². The summed E-state index contributed by atoms with van der Waals surface area (Å²) in [5, 5.41) is 3.30. The van der Waals surface area contributed by atoms with Crippen molar-refractivity contribution in [2.75, 3.05) is 0 Å². The summed E-state index contributed by atoms with van der Waals surface area (Å²) < 4.78 is 18.5. The van der Waals surface area contributed by atoms with E-state index in [1.165, 1.54) is 6.07 Å². The van der Waals surface area contributed by atoms with Crippen molar-refractivity contribution in [1.82, 2.24) is 5.32 Å². The quantitative estimate of drug-likeness (QED) is 0.873. The standard InChI is InChI=1S/C14H16FNO/c1-10-6-7-14(17-10)9-16-11(2)12-4-3-5-13(15)8-12/h3-8,11,16H,9H2,1-2H3/t11-/m1/s1. The Morgan fingerprint density at radius 3 is 2.76 bits per heavy atom. The first kappa shape index (κ1) is 11.9. The van der Waals surface area contributed by atoms with Gasteiger partial charge in [-0.15, -0.1) is 0 Å². The van der Waals surface area contributed by atoms with Crippen molar-refractivity contribution in [1.29, 1.82) is 0 Å². The fraction of sp³-hybridized carbons (Fsp3) is 0.286. The monoisotopic (exact) mass is 233 g/mol. The predicted octanol–water partition coefficient (Wildman–Crippen LogP) is 3.58. The third-order valence-electron chi connectivity index (χ3n) is 2.73. The smallest absolute Gasteiger partial charge is 0.123 e. The number of benzene rings is 1. The molecule has 2 nitrogen and oxygen atoms in total. The van der Waals surface area contributed by atoms with Crippen molar-refractivity contribution in [3.05, 3.63) is 59.3 Å². The highest BCUT2D eigenvalue weighted by molar-refractivity contribution is 5.19. The van der Waals surface area contributed by atoms with Crippen LogP contribution in [-0.4, -0.2) is 0 Å². The van der Waals surface area contributed by atoms with Gasteiger partial charge >= 0.3 is 0 Å². The third kappa shape index (κ3) is 3.17. The van der Waals surface area contributed by atoms with E-state index >= 15 is 0 Å². The van der Waals surface area contributed by atoms with Crippen LogP contribution in [0.1, 0.15) is 30.0 Å². The van der Waals surface area contributed by atoms with E-state index in [0.29, 0.717) is 6.54 Å². The molecule has 1 N–H and O–H groups in total. The molecule has 0 spiro atoms. The minimum atomic E-state index is -0.204. The van der Waals surface area contributed by atoms with E-state index in [0.717, 1.165) is 17.1 Å². The lowest BCUT2D eigenvalue weighted by molar-refractivity contribution is 0.443. The molecule has 0 aliphatic heterocycles. The Kier molecular flexibility index (Phi) is 3.59. The Morgan fingerprint density at radius 2 is 2.12 bits per heavy atom. The topological polar surface area (TPSA) is 25.2 Å². The second-order valence-electron chi connectivity index (χ2n) is 4.17. The highest BCUT2D eigenvalue weighted by Gasteiger charge is 2.06. The third-order valence-corrected chi connectivity index (χ3v) is 2.73. The maximum absolute atomic E-state index is 13.0. The van der Waals surface area contributed by atoms with Crippen LogP contribution in [0.25, 0.3) is 0 Å². The van der Waals surface area contributed by atoms with Crippen molar-refractivity contribution in [3.63, 3.8) is 0 Å². The van der Waals surface area contributed by atoms with Gasteiger partial charge in [0.1, 0.15) is 17.3 Å². The van der Waals surface area contributed by atoms with Crippen LogP contribution in [-0.2, 0) is 6.54 Å². The van der Waals surface area contributed by atoms with Gasteiger partial charge in [0.15, 0.2) is 0 Å². The summed E-state index contributed by atoms with van der Waals surface area (Å²) in [6.07, 6.45) is 0. The van der Waals surface area contributed by atoms with Gasteiger partial charge in [-0.25, -0.2) is 4.39 Å². The number of hydrogen-bond acceptors (Lipinski definition) is 2. The highest BCUT2D eigenvalue weighted by atomic mass is 19.1. The van der Waals surface area contributed by atoms with Gasteiger partial charge in [-0.3, -0.25) is 0 Å². The van der Waals surface area contributed by atoms with Gasteiger partial charge in [0, 0.05) is 6.04 Å². The number of aryl methyl sites for hydroxylation is 1. The highest BCUT2D eigenvalue weighted by Crippen LogP contribution is 2.14. The van der Waals surface area contributed by atoms with E-state index < -0.39 is 0 Å². The minimum Gasteiger partial charge on any atom is -0.465 e. The molecule has 0 unspecified atom stereocenters. The molecule has 0 saturated heterocycles. The van der Waals surface area contributed by atoms with E-state index in [-0.39, 0.29) is 11.9 Å². The molecule has 90 valence electrons. The zero-order chi connectivity index (χ0) is 12.3. The molecule has 1 heterocycles. The maximum atomic E-state index is 13.0. The molecule has 0 aliphatic carbocycles. The first-order valence-corrected chi connectivity index (χ1v) is 5.69. The number of hydrogen-bond donors (Lipinski definition) is 1. The molecule has 0 aliphatic rings. The molecule has 0 bridgehead atoms. The fourth-order valence-corrected chi connectivity index (χ4v) is 1.73. The molecular weight excluding hydrogens is 217 g/mol. The number of rotatable bonds is 4. The van der Waals surface area contributed by atoms with E-state index in [1.807, 2.05) is 32.0 Å². The Hall–Kier alpha value is -1.61. The Labute approximate surface area is 100 Å². The molecule has 0 radical (unpaired) electrons.